The fraction of sp³-hybridized carbons (Fsp3) is 0.394. The molecule has 11 heteroatoms. The first kappa shape index (κ1) is 32.1. The van der Waals surface area contributed by atoms with Gasteiger partial charge in [0.05, 0.1) is 40.2 Å². The van der Waals surface area contributed by atoms with Gasteiger partial charge in [0.25, 0.3) is 0 Å². The maximum Gasteiger partial charge on any atom is 0.247 e. The lowest BCUT2D eigenvalue weighted by Gasteiger charge is -2.21. The third-order valence-corrected chi connectivity index (χ3v) is 7.49. The Hall–Kier alpha value is -4.80. The normalized spacial score (nSPS) is 14.3. The largest absolute Gasteiger partial charge is 0.493 e. The van der Waals surface area contributed by atoms with Crippen molar-refractivity contribution in [3.63, 3.8) is 0 Å². The zero-order valence-electron chi connectivity index (χ0n) is 26.2. The van der Waals surface area contributed by atoms with Crippen LogP contribution in [0.25, 0.3) is 11.1 Å². The Labute approximate surface area is 257 Å². The summed E-state index contributed by atoms with van der Waals surface area (Å²) < 4.78 is 22.4. The molecule has 4 rings (SSSR count). The summed E-state index contributed by atoms with van der Waals surface area (Å²) >= 11 is 0. The van der Waals surface area contributed by atoms with E-state index in [9.17, 15) is 14.4 Å². The maximum atomic E-state index is 13.8. The van der Waals surface area contributed by atoms with Crippen LogP contribution in [0.3, 0.4) is 0 Å². The number of aryl methyl sites for hydroxylation is 1. The van der Waals surface area contributed by atoms with Gasteiger partial charge in [-0.15, -0.1) is 0 Å². The molecular formula is C33H40N4O7. The quantitative estimate of drug-likeness (QED) is 0.284. The number of pyridine rings is 1. The molecule has 2 amide bonds. The molecule has 0 bridgehead atoms. The summed E-state index contributed by atoms with van der Waals surface area (Å²) in [5.41, 5.74) is 3.33. The second-order valence-electron chi connectivity index (χ2n) is 11.0. The van der Waals surface area contributed by atoms with Crippen molar-refractivity contribution in [2.45, 2.75) is 52.1 Å². The number of hydrogen-bond donors (Lipinski definition) is 3. The second kappa shape index (κ2) is 14.1. The van der Waals surface area contributed by atoms with Crippen molar-refractivity contribution in [2.75, 3.05) is 39.1 Å². The molecule has 2 atom stereocenters. The van der Waals surface area contributed by atoms with E-state index >= 15 is 0 Å². The van der Waals surface area contributed by atoms with Gasteiger partial charge in [-0.25, -0.2) is 4.98 Å². The number of nitrogens with zero attached hydrogens (tertiary/aromatic N) is 1. The smallest absolute Gasteiger partial charge is 0.247 e. The van der Waals surface area contributed by atoms with Crippen LogP contribution in [0.4, 0.5) is 11.4 Å². The van der Waals surface area contributed by atoms with E-state index in [0.29, 0.717) is 53.3 Å². The maximum absolute atomic E-state index is 13.8. The number of anilines is 2. The Morgan fingerprint density at radius 2 is 1.73 bits per heavy atom. The van der Waals surface area contributed by atoms with Crippen LogP contribution in [-0.2, 0) is 16.0 Å². The molecular weight excluding hydrogens is 564 g/mol. The Kier molecular flexibility index (Phi) is 10.3. The Bertz CT molecular complexity index is 1590. The predicted molar refractivity (Wildman–Crippen MR) is 169 cm³/mol. The molecule has 1 aliphatic rings. The first-order valence-electron chi connectivity index (χ1n) is 14.5. The van der Waals surface area contributed by atoms with Gasteiger partial charge >= 0.3 is 0 Å². The van der Waals surface area contributed by atoms with Crippen molar-refractivity contribution in [3.05, 3.63) is 63.9 Å². The van der Waals surface area contributed by atoms with Gasteiger partial charge in [-0.2, -0.15) is 0 Å². The molecule has 3 N–H and O–H groups in total. The number of amides is 2. The topological polar surface area (TPSA) is 137 Å². The van der Waals surface area contributed by atoms with Gasteiger partial charge in [-0.05, 0) is 72.2 Å². The number of hydrogen-bond acceptors (Lipinski definition) is 9. The van der Waals surface area contributed by atoms with Crippen LogP contribution in [0.15, 0.2) is 47.4 Å². The van der Waals surface area contributed by atoms with Crippen molar-refractivity contribution >= 4 is 23.2 Å². The Morgan fingerprint density at radius 3 is 2.36 bits per heavy atom. The highest BCUT2D eigenvalue weighted by Gasteiger charge is 2.30. The first-order chi connectivity index (χ1) is 21.1. The van der Waals surface area contributed by atoms with E-state index in [0.717, 1.165) is 11.1 Å². The zero-order chi connectivity index (χ0) is 32.0. The molecule has 0 spiro atoms. The third-order valence-electron chi connectivity index (χ3n) is 7.49. The molecule has 0 fully saturated rings. The molecule has 0 aliphatic heterocycles. The lowest BCUT2D eigenvalue weighted by Crippen LogP contribution is -2.37. The van der Waals surface area contributed by atoms with Gasteiger partial charge in [-0.3, -0.25) is 14.4 Å². The number of fused-ring (bicyclic) bond motifs is 3. The molecule has 234 valence electrons. The van der Waals surface area contributed by atoms with Gasteiger partial charge < -0.3 is 34.9 Å². The molecule has 1 aliphatic carbocycles. The molecule has 3 aromatic rings. The highest BCUT2D eigenvalue weighted by atomic mass is 16.5. The molecule has 0 saturated heterocycles. The van der Waals surface area contributed by atoms with Gasteiger partial charge in [-0.1, -0.05) is 19.9 Å². The summed E-state index contributed by atoms with van der Waals surface area (Å²) in [6, 6.07) is 9.12. The third kappa shape index (κ3) is 6.88. The van der Waals surface area contributed by atoms with Gasteiger partial charge in [0.1, 0.15) is 11.7 Å². The molecule has 0 radical (unpaired) electrons. The van der Waals surface area contributed by atoms with Crippen LogP contribution < -0.4 is 40.3 Å². The van der Waals surface area contributed by atoms with Crippen LogP contribution in [0.5, 0.6) is 23.1 Å². The van der Waals surface area contributed by atoms with Crippen LogP contribution in [0, 0.1) is 5.92 Å². The average Bonchev–Trinajstić information content (AvgIpc) is 3.24. The van der Waals surface area contributed by atoms with Crippen molar-refractivity contribution in [1.82, 2.24) is 10.3 Å². The van der Waals surface area contributed by atoms with Crippen molar-refractivity contribution in [2.24, 2.45) is 5.92 Å². The van der Waals surface area contributed by atoms with Crippen LogP contribution >= 0.6 is 0 Å². The number of ether oxygens (including phenoxy) is 4. The highest BCUT2D eigenvalue weighted by Crippen LogP contribution is 2.50. The molecule has 11 nitrogen and oxygen atoms in total. The fourth-order valence-corrected chi connectivity index (χ4v) is 5.59. The minimum atomic E-state index is -0.743. The van der Waals surface area contributed by atoms with E-state index < -0.39 is 12.1 Å². The summed E-state index contributed by atoms with van der Waals surface area (Å²) in [6.45, 7) is 5.45. The molecule has 44 heavy (non-hydrogen) atoms. The molecule has 0 saturated carbocycles. The summed E-state index contributed by atoms with van der Waals surface area (Å²) in [5, 5.41) is 9.08. The summed E-state index contributed by atoms with van der Waals surface area (Å²) in [4.78, 5) is 43.7. The van der Waals surface area contributed by atoms with Crippen LogP contribution in [0.1, 0.15) is 50.8 Å². The van der Waals surface area contributed by atoms with Gasteiger partial charge in [0.15, 0.2) is 11.5 Å². The molecule has 1 heterocycles. The monoisotopic (exact) mass is 604 g/mol. The number of rotatable bonds is 11. The zero-order valence-corrected chi connectivity index (χ0v) is 26.2. The summed E-state index contributed by atoms with van der Waals surface area (Å²) in [7, 11) is 6.12. The second-order valence-corrected chi connectivity index (χ2v) is 11.0. The van der Waals surface area contributed by atoms with Crippen LogP contribution in [-0.4, -0.2) is 51.3 Å². The lowest BCUT2D eigenvalue weighted by atomic mass is 9.95. The van der Waals surface area contributed by atoms with Crippen molar-refractivity contribution in [3.8, 4) is 34.3 Å². The summed E-state index contributed by atoms with van der Waals surface area (Å²) in [6.07, 6.45) is 3.15. The molecule has 2 unspecified atom stereocenters. The lowest BCUT2D eigenvalue weighted by molar-refractivity contribution is -0.120. The standard InChI is InChI=1S/C33H40N4O7/c1-18(2)15-26(32(40)37-25-9-8-14-34-33(25)44-7)36-24-13-11-21-22(17-27(24)39)23(35-19(3)38)12-10-20-16-28(41-4)30(42-5)31(43-6)29(20)21/h8-9,11,13-14,16-18,23,26H,10,12,15H2,1-7H3,(H,35,38)(H,36,39)(H,37,40). The van der Waals surface area contributed by atoms with E-state index in [1.807, 2.05) is 26.0 Å². The first-order valence-corrected chi connectivity index (χ1v) is 14.5. The molecule has 1 aromatic heterocycles. The highest BCUT2D eigenvalue weighted by molar-refractivity contribution is 5.97. The van der Waals surface area contributed by atoms with Crippen LogP contribution in [0.2, 0.25) is 0 Å². The number of carbonyl (C=O) groups excluding carboxylic acids is 2. The SMILES string of the molecule is COc1cc2c(c(OC)c1OC)-c1ccc(NC(CC(C)C)C(=O)Nc3cccnc3OC)c(=O)cc1C(NC(C)=O)CC2. The Balaban J connectivity index is 1.85. The number of benzene rings is 1. The van der Waals surface area contributed by atoms with Gasteiger partial charge in [0, 0.05) is 18.7 Å². The number of aromatic nitrogens is 1. The van der Waals surface area contributed by atoms with E-state index in [1.54, 1.807) is 38.6 Å². The average molecular weight is 605 g/mol. The predicted octanol–water partition coefficient (Wildman–Crippen LogP) is 4.73. The van der Waals surface area contributed by atoms with Gasteiger partial charge in [0.2, 0.25) is 28.9 Å². The minimum absolute atomic E-state index is 0.140. The summed E-state index contributed by atoms with van der Waals surface area (Å²) in [5.74, 6) is 1.27. The van der Waals surface area contributed by atoms with Crippen molar-refractivity contribution in [1.29, 1.82) is 0 Å². The van der Waals surface area contributed by atoms with E-state index in [-0.39, 0.29) is 34.7 Å². The van der Waals surface area contributed by atoms with E-state index in [1.165, 1.54) is 27.2 Å². The Morgan fingerprint density at radius 1 is 0.977 bits per heavy atom. The van der Waals surface area contributed by atoms with E-state index in [4.69, 9.17) is 18.9 Å². The van der Waals surface area contributed by atoms with Crippen molar-refractivity contribution < 1.29 is 28.5 Å². The minimum Gasteiger partial charge on any atom is -0.493 e. The number of carbonyl (C=O) groups is 2. The number of nitrogens with one attached hydrogen (secondary N) is 3. The molecule has 2 aromatic carbocycles. The fourth-order valence-electron chi connectivity index (χ4n) is 5.59. The number of methoxy groups -OCH3 is 4. The van der Waals surface area contributed by atoms with E-state index in [2.05, 4.69) is 20.9 Å².